The molecule has 0 aliphatic heterocycles. The second-order valence-electron chi connectivity index (χ2n) is 4.62. The number of ether oxygens (including phenoxy) is 1. The molecule has 0 fully saturated rings. The third kappa shape index (κ3) is 2.03. The summed E-state index contributed by atoms with van der Waals surface area (Å²) >= 11 is 0. The first-order valence-electron chi connectivity index (χ1n) is 4.94. The molecule has 4 nitrogen and oxygen atoms in total. The number of carbonyl (C=O) groups is 1. The Kier molecular flexibility index (Phi) is 2.88. The Morgan fingerprint density at radius 3 is 2.20 bits per heavy atom. The SMILES string of the molecule is COC(=O)c1c(C)nn(C(C)(C)C)c1C. The van der Waals surface area contributed by atoms with Gasteiger partial charge in [-0.2, -0.15) is 5.10 Å². The van der Waals surface area contributed by atoms with E-state index >= 15 is 0 Å². The molecular weight excluding hydrogens is 192 g/mol. The predicted octanol–water partition coefficient (Wildman–Crippen LogP) is 2.04. The van der Waals surface area contributed by atoms with Gasteiger partial charge in [-0.15, -0.1) is 0 Å². The lowest BCUT2D eigenvalue weighted by Crippen LogP contribution is -2.24. The zero-order chi connectivity index (χ0) is 11.8. The maximum atomic E-state index is 11.5. The summed E-state index contributed by atoms with van der Waals surface area (Å²) in [4.78, 5) is 11.5. The minimum absolute atomic E-state index is 0.124. The standard InChI is InChI=1S/C11H18N2O2/c1-7-9(10(14)15-6)8(2)13(12-7)11(3,4)5/h1-6H3. The van der Waals surface area contributed by atoms with E-state index in [0.717, 1.165) is 5.69 Å². The number of aromatic nitrogens is 2. The van der Waals surface area contributed by atoms with E-state index in [9.17, 15) is 4.79 Å². The summed E-state index contributed by atoms with van der Waals surface area (Å²) in [6, 6.07) is 0. The summed E-state index contributed by atoms with van der Waals surface area (Å²) in [5, 5.41) is 4.37. The van der Waals surface area contributed by atoms with Crippen molar-refractivity contribution in [3.05, 3.63) is 17.0 Å². The van der Waals surface area contributed by atoms with E-state index in [1.807, 2.05) is 39.3 Å². The van der Waals surface area contributed by atoms with Crippen LogP contribution in [-0.4, -0.2) is 22.9 Å². The fourth-order valence-electron chi connectivity index (χ4n) is 1.69. The Hall–Kier alpha value is -1.32. The van der Waals surface area contributed by atoms with Gasteiger partial charge in [0.25, 0.3) is 0 Å². The van der Waals surface area contributed by atoms with Gasteiger partial charge in [0.15, 0.2) is 0 Å². The Bertz CT molecular complexity index is 386. The number of carbonyl (C=O) groups excluding carboxylic acids is 1. The Morgan fingerprint density at radius 1 is 1.33 bits per heavy atom. The zero-order valence-corrected chi connectivity index (χ0v) is 10.2. The summed E-state index contributed by atoms with van der Waals surface area (Å²) in [6.07, 6.45) is 0. The number of aryl methyl sites for hydroxylation is 1. The largest absolute Gasteiger partial charge is 0.465 e. The first kappa shape index (κ1) is 11.8. The second-order valence-corrected chi connectivity index (χ2v) is 4.62. The number of methoxy groups -OCH3 is 1. The first-order chi connectivity index (χ1) is 6.79. The number of hydrogen-bond acceptors (Lipinski definition) is 3. The summed E-state index contributed by atoms with van der Waals surface area (Å²) in [5.41, 5.74) is 2.02. The van der Waals surface area contributed by atoms with Crippen molar-refractivity contribution in [3.63, 3.8) is 0 Å². The lowest BCUT2D eigenvalue weighted by molar-refractivity contribution is 0.0599. The van der Waals surface area contributed by atoms with E-state index in [1.165, 1.54) is 7.11 Å². The average molecular weight is 210 g/mol. The van der Waals surface area contributed by atoms with Gasteiger partial charge in [-0.25, -0.2) is 4.79 Å². The van der Waals surface area contributed by atoms with E-state index in [2.05, 4.69) is 5.10 Å². The third-order valence-electron chi connectivity index (χ3n) is 2.32. The first-order valence-corrected chi connectivity index (χ1v) is 4.94. The van der Waals surface area contributed by atoms with Gasteiger partial charge in [0.05, 0.1) is 24.0 Å². The van der Waals surface area contributed by atoms with Crippen LogP contribution in [-0.2, 0) is 10.3 Å². The van der Waals surface area contributed by atoms with Crippen molar-refractivity contribution in [1.29, 1.82) is 0 Å². The molecule has 1 rings (SSSR count). The van der Waals surface area contributed by atoms with Crippen LogP contribution in [0, 0.1) is 13.8 Å². The molecule has 0 spiro atoms. The van der Waals surface area contributed by atoms with Gasteiger partial charge in [-0.1, -0.05) is 0 Å². The van der Waals surface area contributed by atoms with Crippen LogP contribution in [0.3, 0.4) is 0 Å². The van der Waals surface area contributed by atoms with Crippen molar-refractivity contribution in [1.82, 2.24) is 9.78 Å². The summed E-state index contributed by atoms with van der Waals surface area (Å²) in [7, 11) is 1.38. The molecular formula is C11H18N2O2. The van der Waals surface area contributed by atoms with Crippen LogP contribution in [0.2, 0.25) is 0 Å². The molecule has 0 saturated heterocycles. The van der Waals surface area contributed by atoms with Gasteiger partial charge >= 0.3 is 5.97 Å². The van der Waals surface area contributed by atoms with E-state index in [0.29, 0.717) is 11.3 Å². The van der Waals surface area contributed by atoms with E-state index in [-0.39, 0.29) is 11.5 Å². The molecule has 1 heterocycles. The van der Waals surface area contributed by atoms with Crippen LogP contribution in [0.1, 0.15) is 42.5 Å². The normalized spacial score (nSPS) is 11.6. The molecule has 0 aliphatic rings. The molecule has 1 aromatic heterocycles. The summed E-state index contributed by atoms with van der Waals surface area (Å²) < 4.78 is 6.59. The maximum Gasteiger partial charge on any atom is 0.341 e. The Balaban J connectivity index is 3.33. The smallest absolute Gasteiger partial charge is 0.341 e. The number of rotatable bonds is 1. The second kappa shape index (κ2) is 3.68. The molecule has 15 heavy (non-hydrogen) atoms. The fraction of sp³-hybridized carbons (Fsp3) is 0.636. The lowest BCUT2D eigenvalue weighted by atomic mass is 10.1. The minimum atomic E-state index is -0.319. The molecule has 0 aromatic carbocycles. The highest BCUT2D eigenvalue weighted by molar-refractivity contribution is 5.91. The lowest BCUT2D eigenvalue weighted by Gasteiger charge is -2.21. The molecule has 1 aromatic rings. The van der Waals surface area contributed by atoms with Gasteiger partial charge in [0.2, 0.25) is 0 Å². The van der Waals surface area contributed by atoms with Crippen LogP contribution >= 0.6 is 0 Å². The molecule has 0 saturated carbocycles. The van der Waals surface area contributed by atoms with Crippen LogP contribution in [0.25, 0.3) is 0 Å². The molecule has 0 N–H and O–H groups in total. The highest BCUT2D eigenvalue weighted by Gasteiger charge is 2.24. The predicted molar refractivity (Wildman–Crippen MR) is 58.0 cm³/mol. The molecule has 0 amide bonds. The number of esters is 1. The van der Waals surface area contributed by atoms with Crippen molar-refractivity contribution in [2.45, 2.75) is 40.2 Å². The van der Waals surface area contributed by atoms with Crippen LogP contribution in [0.4, 0.5) is 0 Å². The van der Waals surface area contributed by atoms with Crippen LogP contribution < -0.4 is 0 Å². The van der Waals surface area contributed by atoms with Gasteiger partial charge < -0.3 is 4.74 Å². The van der Waals surface area contributed by atoms with E-state index < -0.39 is 0 Å². The van der Waals surface area contributed by atoms with Gasteiger partial charge in [0, 0.05) is 0 Å². The van der Waals surface area contributed by atoms with Crippen molar-refractivity contribution in [2.24, 2.45) is 0 Å². The third-order valence-corrected chi connectivity index (χ3v) is 2.32. The summed E-state index contributed by atoms with van der Waals surface area (Å²) in [5.74, 6) is -0.319. The minimum Gasteiger partial charge on any atom is -0.465 e. The quantitative estimate of drug-likeness (QED) is 0.666. The summed E-state index contributed by atoms with van der Waals surface area (Å²) in [6.45, 7) is 9.85. The fourth-order valence-corrected chi connectivity index (χ4v) is 1.69. The monoisotopic (exact) mass is 210 g/mol. The van der Waals surface area contributed by atoms with Crippen molar-refractivity contribution >= 4 is 5.97 Å². The maximum absolute atomic E-state index is 11.5. The highest BCUT2D eigenvalue weighted by atomic mass is 16.5. The number of nitrogens with zero attached hydrogens (tertiary/aromatic N) is 2. The Morgan fingerprint density at radius 2 is 1.87 bits per heavy atom. The van der Waals surface area contributed by atoms with Gasteiger partial charge in [-0.05, 0) is 34.6 Å². The highest BCUT2D eigenvalue weighted by Crippen LogP contribution is 2.21. The van der Waals surface area contributed by atoms with Crippen molar-refractivity contribution < 1.29 is 9.53 Å². The van der Waals surface area contributed by atoms with Crippen molar-refractivity contribution in [2.75, 3.05) is 7.11 Å². The molecule has 4 heteroatoms. The molecule has 0 atom stereocenters. The Labute approximate surface area is 90.2 Å². The van der Waals surface area contributed by atoms with E-state index in [1.54, 1.807) is 0 Å². The van der Waals surface area contributed by atoms with Gasteiger partial charge in [0.1, 0.15) is 5.56 Å². The molecule has 0 aliphatic carbocycles. The average Bonchev–Trinajstić information content (AvgIpc) is 2.40. The molecule has 0 bridgehead atoms. The molecule has 84 valence electrons. The van der Waals surface area contributed by atoms with Gasteiger partial charge in [-0.3, -0.25) is 4.68 Å². The topological polar surface area (TPSA) is 44.1 Å². The van der Waals surface area contributed by atoms with Crippen LogP contribution in [0.15, 0.2) is 0 Å². The van der Waals surface area contributed by atoms with Crippen LogP contribution in [0.5, 0.6) is 0 Å². The molecule has 0 radical (unpaired) electrons. The zero-order valence-electron chi connectivity index (χ0n) is 10.2. The molecule has 0 unspecified atom stereocenters. The van der Waals surface area contributed by atoms with Crippen molar-refractivity contribution in [3.8, 4) is 0 Å². The number of hydrogen-bond donors (Lipinski definition) is 0. The van der Waals surface area contributed by atoms with E-state index in [4.69, 9.17) is 4.74 Å².